The van der Waals surface area contributed by atoms with Crippen LogP contribution in [0.1, 0.15) is 46.0 Å². The quantitative estimate of drug-likeness (QED) is 0.738. The zero-order valence-electron chi connectivity index (χ0n) is 10.9. The van der Waals surface area contributed by atoms with Crippen molar-refractivity contribution >= 4 is 5.97 Å². The first-order chi connectivity index (χ1) is 8.13. The topological polar surface area (TPSA) is 52.6 Å². The molecule has 2 fully saturated rings. The van der Waals surface area contributed by atoms with E-state index in [0.717, 1.165) is 38.4 Å². The van der Waals surface area contributed by atoms with Gasteiger partial charge in [0.05, 0.1) is 0 Å². The van der Waals surface area contributed by atoms with Gasteiger partial charge in [-0.3, -0.25) is 9.69 Å². The van der Waals surface area contributed by atoms with Crippen LogP contribution in [0.2, 0.25) is 0 Å². The number of hydrogen-bond acceptors (Lipinski definition) is 3. The Balaban J connectivity index is 2.02. The van der Waals surface area contributed by atoms with Gasteiger partial charge < -0.3 is 10.4 Å². The van der Waals surface area contributed by atoms with E-state index in [-0.39, 0.29) is 0 Å². The molecule has 2 N–H and O–H groups in total. The average Bonchev–Trinajstić information content (AvgIpc) is 3.02. The molecular formula is C13H24N2O2. The summed E-state index contributed by atoms with van der Waals surface area (Å²) in [5.41, 5.74) is -0.665. The zero-order chi connectivity index (χ0) is 12.5. The van der Waals surface area contributed by atoms with Crippen molar-refractivity contribution in [3.05, 3.63) is 0 Å². The number of hydrogen-bond donors (Lipinski definition) is 2. The molecule has 17 heavy (non-hydrogen) atoms. The SMILES string of the molecule is CCNC1(C(=O)O)CCC(N(CC)C2CC2)C1. The van der Waals surface area contributed by atoms with Gasteiger partial charge in [0.1, 0.15) is 5.54 Å². The standard InChI is InChI=1S/C13H24N2O2/c1-3-14-13(12(16)17)8-7-11(9-13)15(4-2)10-5-6-10/h10-11,14H,3-9H2,1-2H3,(H,16,17). The number of likely N-dealkylation sites (N-methyl/N-ethyl adjacent to an activating group) is 1. The van der Waals surface area contributed by atoms with Crippen LogP contribution < -0.4 is 5.32 Å². The van der Waals surface area contributed by atoms with Crippen LogP contribution in [-0.2, 0) is 4.79 Å². The molecule has 0 aromatic heterocycles. The highest BCUT2D eigenvalue weighted by Crippen LogP contribution is 2.38. The molecule has 2 aliphatic rings. The maximum Gasteiger partial charge on any atom is 0.323 e. The monoisotopic (exact) mass is 240 g/mol. The Bertz CT molecular complexity index is 291. The molecule has 4 nitrogen and oxygen atoms in total. The molecule has 4 heteroatoms. The highest BCUT2D eigenvalue weighted by molar-refractivity contribution is 5.79. The van der Waals surface area contributed by atoms with Crippen molar-refractivity contribution < 1.29 is 9.90 Å². The molecule has 0 heterocycles. The molecule has 0 radical (unpaired) electrons. The maximum atomic E-state index is 11.5. The fourth-order valence-corrected chi connectivity index (χ4v) is 3.29. The van der Waals surface area contributed by atoms with Crippen LogP contribution >= 0.6 is 0 Å². The van der Waals surface area contributed by atoms with E-state index in [9.17, 15) is 9.90 Å². The first kappa shape index (κ1) is 12.8. The zero-order valence-corrected chi connectivity index (χ0v) is 10.9. The number of nitrogens with zero attached hydrogens (tertiary/aromatic N) is 1. The number of aliphatic carboxylic acids is 1. The number of rotatable bonds is 6. The lowest BCUT2D eigenvalue weighted by Gasteiger charge is -2.30. The lowest BCUT2D eigenvalue weighted by molar-refractivity contribution is -0.144. The smallest absolute Gasteiger partial charge is 0.323 e. The van der Waals surface area contributed by atoms with Gasteiger partial charge in [-0.25, -0.2) is 0 Å². The lowest BCUT2D eigenvalue weighted by atomic mass is 9.97. The third-order valence-electron chi connectivity index (χ3n) is 4.26. The van der Waals surface area contributed by atoms with Crippen LogP contribution in [-0.4, -0.2) is 46.7 Å². The lowest BCUT2D eigenvalue weighted by Crippen LogP contribution is -2.51. The normalized spacial score (nSPS) is 33.2. The summed E-state index contributed by atoms with van der Waals surface area (Å²) in [6, 6.07) is 1.19. The van der Waals surface area contributed by atoms with Gasteiger partial charge in [0.2, 0.25) is 0 Å². The Morgan fingerprint density at radius 2 is 2.06 bits per heavy atom. The summed E-state index contributed by atoms with van der Waals surface area (Å²) in [5, 5.41) is 12.6. The second-order valence-electron chi connectivity index (χ2n) is 5.38. The largest absolute Gasteiger partial charge is 0.480 e. The fraction of sp³-hybridized carbons (Fsp3) is 0.923. The molecule has 0 amide bonds. The van der Waals surface area contributed by atoms with Crippen LogP contribution in [0.15, 0.2) is 0 Å². The molecule has 0 saturated heterocycles. The van der Waals surface area contributed by atoms with Gasteiger partial charge in [0.15, 0.2) is 0 Å². The second-order valence-corrected chi connectivity index (χ2v) is 5.38. The van der Waals surface area contributed by atoms with Crippen LogP contribution in [0.3, 0.4) is 0 Å². The molecule has 2 rings (SSSR count). The van der Waals surface area contributed by atoms with E-state index in [4.69, 9.17) is 0 Å². The van der Waals surface area contributed by atoms with Gasteiger partial charge in [-0.2, -0.15) is 0 Å². The van der Waals surface area contributed by atoms with Gasteiger partial charge in [-0.1, -0.05) is 13.8 Å². The summed E-state index contributed by atoms with van der Waals surface area (Å²) in [6.07, 6.45) is 5.14. The van der Waals surface area contributed by atoms with Gasteiger partial charge >= 0.3 is 5.97 Å². The van der Waals surface area contributed by atoms with E-state index in [1.165, 1.54) is 12.8 Å². The highest BCUT2D eigenvalue weighted by Gasteiger charge is 2.48. The minimum atomic E-state index is -0.672. The molecule has 2 atom stereocenters. The summed E-state index contributed by atoms with van der Waals surface area (Å²) < 4.78 is 0. The third-order valence-corrected chi connectivity index (χ3v) is 4.26. The van der Waals surface area contributed by atoms with Crippen molar-refractivity contribution in [2.45, 2.75) is 63.6 Å². The van der Waals surface area contributed by atoms with Crippen molar-refractivity contribution in [2.24, 2.45) is 0 Å². The van der Waals surface area contributed by atoms with Crippen LogP contribution in [0.4, 0.5) is 0 Å². The van der Waals surface area contributed by atoms with E-state index in [0.29, 0.717) is 6.04 Å². The Morgan fingerprint density at radius 1 is 1.35 bits per heavy atom. The number of carboxylic acid groups (broad SMARTS) is 1. The molecule has 98 valence electrons. The van der Waals surface area contributed by atoms with Gasteiger partial charge in [-0.15, -0.1) is 0 Å². The van der Waals surface area contributed by atoms with Gasteiger partial charge in [0, 0.05) is 12.1 Å². The molecule has 2 unspecified atom stereocenters. The van der Waals surface area contributed by atoms with Crippen LogP contribution in [0.5, 0.6) is 0 Å². The predicted molar refractivity (Wildman–Crippen MR) is 67.1 cm³/mol. The Kier molecular flexibility index (Phi) is 3.73. The molecule has 2 aliphatic carbocycles. The van der Waals surface area contributed by atoms with E-state index < -0.39 is 11.5 Å². The van der Waals surface area contributed by atoms with Crippen molar-refractivity contribution in [3.8, 4) is 0 Å². The first-order valence-corrected chi connectivity index (χ1v) is 6.87. The van der Waals surface area contributed by atoms with Crippen molar-refractivity contribution in [3.63, 3.8) is 0 Å². The molecular weight excluding hydrogens is 216 g/mol. The fourth-order valence-electron chi connectivity index (χ4n) is 3.29. The number of carbonyl (C=O) groups is 1. The summed E-state index contributed by atoms with van der Waals surface area (Å²) in [5.74, 6) is -0.672. The minimum Gasteiger partial charge on any atom is -0.480 e. The molecule has 0 aromatic carbocycles. The first-order valence-electron chi connectivity index (χ1n) is 6.87. The molecule has 0 bridgehead atoms. The summed E-state index contributed by atoms with van der Waals surface area (Å²) >= 11 is 0. The summed E-state index contributed by atoms with van der Waals surface area (Å²) in [6.45, 7) is 5.95. The predicted octanol–water partition coefficient (Wildman–Crippen LogP) is 1.46. The van der Waals surface area contributed by atoms with Crippen LogP contribution in [0.25, 0.3) is 0 Å². The van der Waals surface area contributed by atoms with Gasteiger partial charge in [0.25, 0.3) is 0 Å². The summed E-state index contributed by atoms with van der Waals surface area (Å²) in [7, 11) is 0. The van der Waals surface area contributed by atoms with Crippen LogP contribution in [0, 0.1) is 0 Å². The molecule has 0 aliphatic heterocycles. The van der Waals surface area contributed by atoms with E-state index in [2.05, 4.69) is 17.1 Å². The third kappa shape index (κ3) is 2.47. The highest BCUT2D eigenvalue weighted by atomic mass is 16.4. The number of carboxylic acids is 1. The molecule has 0 spiro atoms. The van der Waals surface area contributed by atoms with E-state index in [1.54, 1.807) is 0 Å². The minimum absolute atomic E-state index is 0.461. The average molecular weight is 240 g/mol. The van der Waals surface area contributed by atoms with E-state index in [1.807, 2.05) is 6.92 Å². The van der Waals surface area contributed by atoms with Crippen molar-refractivity contribution in [1.29, 1.82) is 0 Å². The van der Waals surface area contributed by atoms with Gasteiger partial charge in [-0.05, 0) is 45.2 Å². The number of nitrogens with one attached hydrogen (secondary N) is 1. The summed E-state index contributed by atoms with van der Waals surface area (Å²) in [4.78, 5) is 14.0. The Hall–Kier alpha value is -0.610. The molecule has 2 saturated carbocycles. The maximum absolute atomic E-state index is 11.5. The second kappa shape index (κ2) is 4.94. The van der Waals surface area contributed by atoms with Crippen molar-refractivity contribution in [1.82, 2.24) is 10.2 Å². The Morgan fingerprint density at radius 3 is 2.53 bits per heavy atom. The van der Waals surface area contributed by atoms with Crippen molar-refractivity contribution in [2.75, 3.05) is 13.1 Å². The molecule has 0 aromatic rings. The van der Waals surface area contributed by atoms with E-state index >= 15 is 0 Å². The Labute approximate surface area is 103 Å².